The monoisotopic (exact) mass is 275 g/mol. The molecular weight excluding hydrogens is 254 g/mol. The molecule has 0 aromatic carbocycles. The molecule has 3 heterocycles. The molecule has 0 spiro atoms. The van der Waals surface area contributed by atoms with Crippen LogP contribution in [0.2, 0.25) is 0 Å². The maximum absolute atomic E-state index is 11.4. The maximum atomic E-state index is 11.4. The van der Waals surface area contributed by atoms with Crippen molar-refractivity contribution in [3.05, 3.63) is 17.8 Å². The van der Waals surface area contributed by atoms with Gasteiger partial charge in [0.15, 0.2) is 17.4 Å². The Hall–Kier alpha value is -1.62. The predicted octanol–water partition coefficient (Wildman–Crippen LogP) is 1.58. The fourth-order valence-corrected chi connectivity index (χ4v) is 2.91. The third-order valence-electron chi connectivity index (χ3n) is 4.19. The van der Waals surface area contributed by atoms with Crippen LogP contribution in [0.1, 0.15) is 31.1 Å². The molecule has 1 fully saturated rings. The molecule has 108 valence electrons. The Bertz CT molecular complexity index is 530. The smallest absolute Gasteiger partial charge is 0.171 e. The molecule has 2 aliphatic rings. The average Bonchev–Trinajstić information content (AvgIpc) is 2.45. The molecule has 1 aromatic rings. The van der Waals surface area contributed by atoms with E-state index >= 15 is 0 Å². The third kappa shape index (κ3) is 2.26. The van der Waals surface area contributed by atoms with E-state index in [1.807, 2.05) is 6.07 Å². The van der Waals surface area contributed by atoms with Crippen molar-refractivity contribution in [1.82, 2.24) is 9.88 Å². The first-order chi connectivity index (χ1) is 9.56. The maximum Gasteiger partial charge on any atom is 0.171 e. The first-order valence-corrected chi connectivity index (χ1v) is 7.20. The van der Waals surface area contributed by atoms with Gasteiger partial charge in [0.1, 0.15) is 6.61 Å². The molecule has 0 bridgehead atoms. The fourth-order valence-electron chi connectivity index (χ4n) is 2.91. The van der Waals surface area contributed by atoms with Crippen molar-refractivity contribution in [2.75, 3.05) is 31.1 Å². The molecule has 20 heavy (non-hydrogen) atoms. The molecular formula is C15H21N3O2. The molecule has 5 heteroatoms. The van der Waals surface area contributed by atoms with E-state index in [2.05, 4.69) is 28.6 Å². The number of ether oxygens (including phenoxy) is 1. The highest BCUT2D eigenvalue weighted by molar-refractivity contribution is 5.94. The van der Waals surface area contributed by atoms with Gasteiger partial charge in [-0.15, -0.1) is 0 Å². The molecule has 2 aliphatic heterocycles. The highest BCUT2D eigenvalue weighted by Gasteiger charge is 2.34. The summed E-state index contributed by atoms with van der Waals surface area (Å²) in [6.45, 7) is 9.69. The summed E-state index contributed by atoms with van der Waals surface area (Å²) in [4.78, 5) is 20.7. The quantitative estimate of drug-likeness (QED) is 0.767. The first kappa shape index (κ1) is 13.4. The topological polar surface area (TPSA) is 45.7 Å². The largest absolute Gasteiger partial charge is 0.487 e. The number of fused-ring (bicyclic) bond motifs is 3. The summed E-state index contributed by atoms with van der Waals surface area (Å²) in [7, 11) is 0. The average molecular weight is 275 g/mol. The minimum Gasteiger partial charge on any atom is -0.487 e. The van der Waals surface area contributed by atoms with Crippen molar-refractivity contribution in [2.45, 2.75) is 32.9 Å². The van der Waals surface area contributed by atoms with Crippen molar-refractivity contribution < 1.29 is 9.53 Å². The Kier molecular flexibility index (Phi) is 3.38. The van der Waals surface area contributed by atoms with E-state index < -0.39 is 0 Å². The number of Topliss-reactive ketones (excluding diaryl/α,β-unsaturated/α-hetero) is 1. The summed E-state index contributed by atoms with van der Waals surface area (Å²) < 4.78 is 5.83. The van der Waals surface area contributed by atoms with Gasteiger partial charge < -0.3 is 9.64 Å². The number of ketones is 1. The molecule has 0 amide bonds. The number of rotatable bonds is 2. The molecule has 0 aliphatic carbocycles. The lowest BCUT2D eigenvalue weighted by atomic mass is 10.1. The van der Waals surface area contributed by atoms with Crippen LogP contribution in [0.15, 0.2) is 12.3 Å². The Balaban J connectivity index is 1.85. The van der Waals surface area contributed by atoms with Gasteiger partial charge in [0, 0.05) is 37.4 Å². The van der Waals surface area contributed by atoms with Gasteiger partial charge in [-0.25, -0.2) is 4.98 Å². The van der Waals surface area contributed by atoms with Crippen LogP contribution in [0.3, 0.4) is 0 Å². The van der Waals surface area contributed by atoms with Crippen molar-refractivity contribution >= 4 is 11.6 Å². The van der Waals surface area contributed by atoms with Gasteiger partial charge >= 0.3 is 0 Å². The summed E-state index contributed by atoms with van der Waals surface area (Å²) in [5.74, 6) is 1.65. The van der Waals surface area contributed by atoms with E-state index in [1.54, 1.807) is 13.1 Å². The number of piperazine rings is 1. The fraction of sp³-hybridized carbons (Fsp3) is 0.600. The van der Waals surface area contributed by atoms with E-state index in [0.29, 0.717) is 24.3 Å². The van der Waals surface area contributed by atoms with Gasteiger partial charge in [-0.2, -0.15) is 0 Å². The Morgan fingerprint density at radius 1 is 1.45 bits per heavy atom. The van der Waals surface area contributed by atoms with Crippen molar-refractivity contribution in [3.8, 4) is 5.75 Å². The van der Waals surface area contributed by atoms with E-state index in [1.165, 1.54) is 0 Å². The number of carbonyl (C=O) groups is 1. The van der Waals surface area contributed by atoms with Gasteiger partial charge in [0.25, 0.3) is 0 Å². The molecule has 1 saturated heterocycles. The third-order valence-corrected chi connectivity index (χ3v) is 4.19. The highest BCUT2D eigenvalue weighted by Crippen LogP contribution is 2.34. The first-order valence-electron chi connectivity index (χ1n) is 7.20. The second-order valence-corrected chi connectivity index (χ2v) is 5.85. The lowest BCUT2D eigenvalue weighted by molar-refractivity contribution is 0.101. The second-order valence-electron chi connectivity index (χ2n) is 5.85. The normalized spacial score (nSPS) is 22.2. The second kappa shape index (κ2) is 5.05. The lowest BCUT2D eigenvalue weighted by Gasteiger charge is -2.46. The van der Waals surface area contributed by atoms with E-state index in [9.17, 15) is 4.79 Å². The zero-order chi connectivity index (χ0) is 14.3. The number of anilines is 1. The van der Waals surface area contributed by atoms with Gasteiger partial charge in [-0.05, 0) is 26.8 Å². The van der Waals surface area contributed by atoms with Crippen LogP contribution >= 0.6 is 0 Å². The Morgan fingerprint density at radius 3 is 2.95 bits per heavy atom. The van der Waals surface area contributed by atoms with Crippen LogP contribution in [-0.4, -0.2) is 54.0 Å². The summed E-state index contributed by atoms with van der Waals surface area (Å²) in [6, 6.07) is 2.73. The lowest BCUT2D eigenvalue weighted by Crippen LogP contribution is -2.58. The zero-order valence-corrected chi connectivity index (χ0v) is 12.3. The van der Waals surface area contributed by atoms with E-state index in [-0.39, 0.29) is 5.78 Å². The van der Waals surface area contributed by atoms with Crippen LogP contribution in [0, 0.1) is 0 Å². The number of hydrogen-bond acceptors (Lipinski definition) is 5. The van der Waals surface area contributed by atoms with Crippen molar-refractivity contribution in [3.63, 3.8) is 0 Å². The Morgan fingerprint density at radius 2 is 2.25 bits per heavy atom. The SMILES string of the molecule is CC(=O)c1cnc2c(c1)OCC1CN(C(C)C)CCN21. The van der Waals surface area contributed by atoms with Gasteiger partial charge in [-0.1, -0.05) is 0 Å². The van der Waals surface area contributed by atoms with Crippen molar-refractivity contribution in [2.24, 2.45) is 0 Å². The van der Waals surface area contributed by atoms with Crippen LogP contribution in [0.4, 0.5) is 5.82 Å². The standard InChI is InChI=1S/C15H21N3O2/c1-10(2)17-4-5-18-13(8-17)9-20-14-6-12(11(3)19)7-16-15(14)18/h6-7,10,13H,4-5,8-9H2,1-3H3. The number of hydrogen-bond donors (Lipinski definition) is 0. The zero-order valence-electron chi connectivity index (χ0n) is 12.3. The Labute approximate surface area is 119 Å². The minimum atomic E-state index is 0.0238. The highest BCUT2D eigenvalue weighted by atomic mass is 16.5. The summed E-state index contributed by atoms with van der Waals surface area (Å²) in [5.41, 5.74) is 0.614. The van der Waals surface area contributed by atoms with E-state index in [0.717, 1.165) is 31.2 Å². The predicted molar refractivity (Wildman–Crippen MR) is 77.6 cm³/mol. The molecule has 0 saturated carbocycles. The number of nitrogens with zero attached hydrogens (tertiary/aromatic N) is 3. The summed E-state index contributed by atoms with van der Waals surface area (Å²) in [5, 5.41) is 0. The summed E-state index contributed by atoms with van der Waals surface area (Å²) >= 11 is 0. The molecule has 3 rings (SSSR count). The molecule has 1 unspecified atom stereocenters. The van der Waals surface area contributed by atoms with Crippen LogP contribution in [-0.2, 0) is 0 Å². The summed E-state index contributed by atoms with van der Waals surface area (Å²) in [6.07, 6.45) is 1.65. The molecule has 1 atom stereocenters. The number of aromatic nitrogens is 1. The van der Waals surface area contributed by atoms with Crippen LogP contribution in [0.5, 0.6) is 5.75 Å². The number of carbonyl (C=O) groups excluding carboxylic acids is 1. The van der Waals surface area contributed by atoms with Gasteiger partial charge in [-0.3, -0.25) is 9.69 Å². The molecule has 5 nitrogen and oxygen atoms in total. The molecule has 1 aromatic heterocycles. The molecule has 0 radical (unpaired) electrons. The molecule has 0 N–H and O–H groups in total. The van der Waals surface area contributed by atoms with Gasteiger partial charge in [0.2, 0.25) is 0 Å². The van der Waals surface area contributed by atoms with Crippen LogP contribution < -0.4 is 9.64 Å². The van der Waals surface area contributed by atoms with E-state index in [4.69, 9.17) is 4.74 Å². The van der Waals surface area contributed by atoms with Crippen molar-refractivity contribution in [1.29, 1.82) is 0 Å². The minimum absolute atomic E-state index is 0.0238. The van der Waals surface area contributed by atoms with Crippen LogP contribution in [0.25, 0.3) is 0 Å². The number of pyridine rings is 1. The van der Waals surface area contributed by atoms with Gasteiger partial charge in [0.05, 0.1) is 6.04 Å².